The van der Waals surface area contributed by atoms with Gasteiger partial charge in [-0.05, 0) is 42.5 Å². The minimum Gasteiger partial charge on any atom is -0.378 e. The van der Waals surface area contributed by atoms with E-state index in [0.717, 1.165) is 41.9 Å². The van der Waals surface area contributed by atoms with Gasteiger partial charge >= 0.3 is 0 Å². The van der Waals surface area contributed by atoms with E-state index in [1.165, 1.54) is 17.4 Å². The van der Waals surface area contributed by atoms with Crippen molar-refractivity contribution in [3.63, 3.8) is 0 Å². The monoisotopic (exact) mass is 398 g/mol. The summed E-state index contributed by atoms with van der Waals surface area (Å²) in [6.45, 7) is 3.42. The van der Waals surface area contributed by atoms with Gasteiger partial charge in [-0.15, -0.1) is 0 Å². The molecular weight excluding hydrogens is 380 g/mol. The largest absolute Gasteiger partial charge is 0.378 e. The van der Waals surface area contributed by atoms with Crippen molar-refractivity contribution in [1.82, 2.24) is 9.97 Å². The molecule has 1 aromatic heterocycles. The van der Waals surface area contributed by atoms with Crippen LogP contribution in [-0.4, -0.2) is 36.3 Å². The lowest BCUT2D eigenvalue weighted by Crippen LogP contribution is -2.36. The highest BCUT2D eigenvalue weighted by Crippen LogP contribution is 2.32. The fourth-order valence-electron chi connectivity index (χ4n) is 2.81. The summed E-state index contributed by atoms with van der Waals surface area (Å²) in [5.74, 6) is 0.561. The van der Waals surface area contributed by atoms with E-state index in [2.05, 4.69) is 32.3 Å². The molecule has 0 aliphatic carbocycles. The second-order valence-corrected chi connectivity index (χ2v) is 7.49. The van der Waals surface area contributed by atoms with Gasteiger partial charge in [-0.1, -0.05) is 35.5 Å². The Morgan fingerprint density at radius 3 is 2.56 bits per heavy atom. The molecule has 27 heavy (non-hydrogen) atoms. The summed E-state index contributed by atoms with van der Waals surface area (Å²) >= 11 is 7.75. The highest BCUT2D eigenvalue weighted by atomic mass is 35.5. The van der Waals surface area contributed by atoms with Crippen LogP contribution in [0.15, 0.2) is 70.7 Å². The molecule has 0 saturated carbocycles. The van der Waals surface area contributed by atoms with Crippen molar-refractivity contribution < 1.29 is 4.74 Å². The number of hydrogen-bond acceptors (Lipinski definition) is 6. The van der Waals surface area contributed by atoms with Crippen molar-refractivity contribution in [2.24, 2.45) is 0 Å². The first kappa shape index (κ1) is 18.1. The van der Waals surface area contributed by atoms with E-state index in [4.69, 9.17) is 16.3 Å². The summed E-state index contributed by atoms with van der Waals surface area (Å²) in [7, 11) is 0. The third-order valence-electron chi connectivity index (χ3n) is 4.18. The molecule has 7 heteroatoms. The summed E-state index contributed by atoms with van der Waals surface area (Å²) in [5.41, 5.74) is 2.15. The van der Waals surface area contributed by atoms with Crippen molar-refractivity contribution in [3.05, 3.63) is 65.8 Å². The second kappa shape index (κ2) is 8.61. The Labute approximate surface area is 167 Å². The number of rotatable bonds is 5. The van der Waals surface area contributed by atoms with Crippen LogP contribution in [0.1, 0.15) is 0 Å². The molecular formula is C20H19ClN4OS. The number of hydrogen-bond donors (Lipinski definition) is 1. The SMILES string of the molecule is Clc1ccccc1Sc1ccnc(Nc2ccc(N3CCOCC3)cc2)n1. The number of aromatic nitrogens is 2. The molecule has 138 valence electrons. The van der Waals surface area contributed by atoms with E-state index >= 15 is 0 Å². The van der Waals surface area contributed by atoms with Crippen LogP contribution < -0.4 is 10.2 Å². The molecule has 2 heterocycles. The lowest BCUT2D eigenvalue weighted by Gasteiger charge is -2.28. The van der Waals surface area contributed by atoms with Crippen LogP contribution >= 0.6 is 23.4 Å². The topological polar surface area (TPSA) is 50.3 Å². The second-order valence-electron chi connectivity index (χ2n) is 6.02. The van der Waals surface area contributed by atoms with Crippen molar-refractivity contribution >= 4 is 40.7 Å². The first-order chi connectivity index (χ1) is 13.3. The van der Waals surface area contributed by atoms with Crippen LogP contribution in [0.4, 0.5) is 17.3 Å². The number of morpholine rings is 1. The van der Waals surface area contributed by atoms with E-state index in [-0.39, 0.29) is 0 Å². The van der Waals surface area contributed by atoms with Gasteiger partial charge in [0.15, 0.2) is 0 Å². The van der Waals surface area contributed by atoms with Gasteiger partial charge in [0, 0.05) is 35.6 Å². The minimum atomic E-state index is 0.561. The van der Waals surface area contributed by atoms with Crippen molar-refractivity contribution in [2.45, 2.75) is 9.92 Å². The zero-order valence-corrected chi connectivity index (χ0v) is 16.2. The third-order valence-corrected chi connectivity index (χ3v) is 5.63. The van der Waals surface area contributed by atoms with Gasteiger partial charge in [-0.25, -0.2) is 9.97 Å². The molecule has 4 rings (SSSR count). The zero-order valence-electron chi connectivity index (χ0n) is 14.6. The lowest BCUT2D eigenvalue weighted by molar-refractivity contribution is 0.122. The number of anilines is 3. The number of ether oxygens (including phenoxy) is 1. The Hall–Kier alpha value is -2.28. The molecule has 1 saturated heterocycles. The van der Waals surface area contributed by atoms with Gasteiger partial charge in [0.25, 0.3) is 0 Å². The number of nitrogens with one attached hydrogen (secondary N) is 1. The molecule has 0 spiro atoms. The van der Waals surface area contributed by atoms with Crippen molar-refractivity contribution in [2.75, 3.05) is 36.5 Å². The Kier molecular flexibility index (Phi) is 5.77. The molecule has 1 aliphatic rings. The first-order valence-electron chi connectivity index (χ1n) is 8.73. The summed E-state index contributed by atoms with van der Waals surface area (Å²) in [6, 6.07) is 17.9. The standard InChI is InChI=1S/C20H19ClN4OS/c21-17-3-1-2-4-18(17)27-19-9-10-22-20(24-19)23-15-5-7-16(8-6-15)25-11-13-26-14-12-25/h1-10H,11-14H2,(H,22,23,24). The Balaban J connectivity index is 1.44. The number of nitrogens with zero attached hydrogens (tertiary/aromatic N) is 3. The number of halogens is 1. The van der Waals surface area contributed by atoms with Gasteiger partial charge in [0.2, 0.25) is 5.95 Å². The maximum Gasteiger partial charge on any atom is 0.228 e. The summed E-state index contributed by atoms with van der Waals surface area (Å²) in [6.07, 6.45) is 1.75. The maximum absolute atomic E-state index is 6.23. The molecule has 0 amide bonds. The van der Waals surface area contributed by atoms with E-state index in [0.29, 0.717) is 11.0 Å². The molecule has 0 radical (unpaired) electrons. The maximum atomic E-state index is 6.23. The molecule has 1 N–H and O–H groups in total. The van der Waals surface area contributed by atoms with Gasteiger partial charge in [0.1, 0.15) is 5.03 Å². The predicted octanol–water partition coefficient (Wildman–Crippen LogP) is 4.86. The van der Waals surface area contributed by atoms with Crippen LogP contribution in [0.2, 0.25) is 5.02 Å². The highest BCUT2D eigenvalue weighted by molar-refractivity contribution is 7.99. The Morgan fingerprint density at radius 1 is 1.00 bits per heavy atom. The van der Waals surface area contributed by atoms with E-state index in [9.17, 15) is 0 Å². The third kappa shape index (κ3) is 4.71. The fourth-order valence-corrected chi connectivity index (χ4v) is 3.86. The average Bonchev–Trinajstić information content (AvgIpc) is 2.71. The van der Waals surface area contributed by atoms with Gasteiger partial charge in [-0.2, -0.15) is 0 Å². The van der Waals surface area contributed by atoms with Gasteiger partial charge in [-0.3, -0.25) is 0 Å². The molecule has 3 aromatic rings. The molecule has 2 aromatic carbocycles. The predicted molar refractivity (Wildman–Crippen MR) is 110 cm³/mol. The first-order valence-corrected chi connectivity index (χ1v) is 9.92. The minimum absolute atomic E-state index is 0.561. The quantitative estimate of drug-likeness (QED) is 0.619. The molecule has 0 atom stereocenters. The van der Waals surface area contributed by atoms with Gasteiger partial charge < -0.3 is 15.0 Å². The molecule has 1 aliphatic heterocycles. The highest BCUT2D eigenvalue weighted by Gasteiger charge is 2.11. The summed E-state index contributed by atoms with van der Waals surface area (Å²) in [4.78, 5) is 12.2. The average molecular weight is 399 g/mol. The molecule has 1 fully saturated rings. The fraction of sp³-hybridized carbons (Fsp3) is 0.200. The van der Waals surface area contributed by atoms with Crippen LogP contribution in [0.3, 0.4) is 0 Å². The van der Waals surface area contributed by atoms with E-state index in [1.807, 2.05) is 42.5 Å². The van der Waals surface area contributed by atoms with Crippen LogP contribution in [-0.2, 0) is 4.74 Å². The summed E-state index contributed by atoms with van der Waals surface area (Å²) in [5, 5.41) is 4.82. The van der Waals surface area contributed by atoms with Crippen LogP contribution in [0.5, 0.6) is 0 Å². The smallest absolute Gasteiger partial charge is 0.228 e. The van der Waals surface area contributed by atoms with E-state index in [1.54, 1.807) is 6.20 Å². The van der Waals surface area contributed by atoms with Crippen LogP contribution in [0.25, 0.3) is 0 Å². The molecule has 0 unspecified atom stereocenters. The normalized spacial score (nSPS) is 14.2. The van der Waals surface area contributed by atoms with E-state index < -0.39 is 0 Å². The van der Waals surface area contributed by atoms with Gasteiger partial charge in [0.05, 0.1) is 18.2 Å². The lowest BCUT2D eigenvalue weighted by atomic mass is 10.2. The van der Waals surface area contributed by atoms with Crippen molar-refractivity contribution in [1.29, 1.82) is 0 Å². The Morgan fingerprint density at radius 2 is 1.78 bits per heavy atom. The summed E-state index contributed by atoms with van der Waals surface area (Å²) < 4.78 is 5.40. The molecule has 5 nitrogen and oxygen atoms in total. The molecule has 0 bridgehead atoms. The van der Waals surface area contributed by atoms with Crippen molar-refractivity contribution in [3.8, 4) is 0 Å². The van der Waals surface area contributed by atoms with Crippen LogP contribution in [0, 0.1) is 0 Å². The zero-order chi connectivity index (χ0) is 18.5. The number of benzene rings is 2. The Bertz CT molecular complexity index is 900.